The fourth-order valence-electron chi connectivity index (χ4n) is 1.51. The van der Waals surface area contributed by atoms with Crippen LogP contribution in [0.4, 0.5) is 0 Å². The highest BCUT2D eigenvalue weighted by atomic mass is 35.5. The molecule has 17 heavy (non-hydrogen) atoms. The third-order valence-corrected chi connectivity index (χ3v) is 2.58. The minimum atomic E-state index is -0.511. The van der Waals surface area contributed by atoms with Gasteiger partial charge in [0.1, 0.15) is 0 Å². The highest BCUT2D eigenvalue weighted by molar-refractivity contribution is 6.33. The van der Waals surface area contributed by atoms with Gasteiger partial charge in [0.2, 0.25) is 0 Å². The van der Waals surface area contributed by atoms with E-state index >= 15 is 0 Å². The van der Waals surface area contributed by atoms with Crippen LogP contribution >= 0.6 is 24.0 Å². The molecule has 1 amide bonds. The summed E-state index contributed by atoms with van der Waals surface area (Å²) < 4.78 is 0. The molecule has 0 spiro atoms. The molecular weight excluding hydrogens is 259 g/mol. The van der Waals surface area contributed by atoms with Crippen molar-refractivity contribution in [3.8, 4) is 11.1 Å². The van der Waals surface area contributed by atoms with E-state index in [1.54, 1.807) is 18.3 Å². The second-order valence-corrected chi connectivity index (χ2v) is 3.67. The van der Waals surface area contributed by atoms with E-state index in [4.69, 9.17) is 17.3 Å². The second-order valence-electron chi connectivity index (χ2n) is 3.27. The first-order valence-electron chi connectivity index (χ1n) is 4.69. The van der Waals surface area contributed by atoms with Gasteiger partial charge in [-0.3, -0.25) is 9.78 Å². The molecule has 88 valence electrons. The third-order valence-electron chi connectivity index (χ3n) is 2.25. The predicted octanol–water partition coefficient (Wildman–Crippen LogP) is 2.92. The van der Waals surface area contributed by atoms with Crippen molar-refractivity contribution in [3.63, 3.8) is 0 Å². The van der Waals surface area contributed by atoms with Crippen LogP contribution in [0, 0.1) is 0 Å². The standard InChI is InChI=1S/C12H9ClN2O.ClH/c13-11-4-2-1-3-9(11)8-5-6-15-7-10(8)12(14)16;/h1-7H,(H2,14,16);1H. The zero-order chi connectivity index (χ0) is 11.5. The summed E-state index contributed by atoms with van der Waals surface area (Å²) in [7, 11) is 0. The molecule has 0 bridgehead atoms. The number of nitrogens with zero attached hydrogens (tertiary/aromatic N) is 1. The van der Waals surface area contributed by atoms with Gasteiger partial charge >= 0.3 is 0 Å². The Balaban J connectivity index is 0.00000144. The maximum Gasteiger partial charge on any atom is 0.250 e. The number of aromatic nitrogens is 1. The van der Waals surface area contributed by atoms with Gasteiger partial charge in [-0.1, -0.05) is 29.8 Å². The van der Waals surface area contributed by atoms with Crippen molar-refractivity contribution in [1.29, 1.82) is 0 Å². The van der Waals surface area contributed by atoms with E-state index in [1.165, 1.54) is 6.20 Å². The van der Waals surface area contributed by atoms with Gasteiger partial charge < -0.3 is 5.73 Å². The zero-order valence-corrected chi connectivity index (χ0v) is 10.3. The Morgan fingerprint density at radius 2 is 1.88 bits per heavy atom. The molecule has 0 atom stereocenters. The number of primary amides is 1. The van der Waals surface area contributed by atoms with Crippen LogP contribution in [-0.2, 0) is 0 Å². The normalized spacial score (nSPS) is 9.47. The molecule has 2 N–H and O–H groups in total. The van der Waals surface area contributed by atoms with Crippen molar-refractivity contribution in [2.75, 3.05) is 0 Å². The van der Waals surface area contributed by atoms with Gasteiger partial charge in [0.25, 0.3) is 5.91 Å². The SMILES string of the molecule is Cl.NC(=O)c1cnccc1-c1ccccc1Cl. The van der Waals surface area contributed by atoms with Gasteiger partial charge in [-0.15, -0.1) is 12.4 Å². The Morgan fingerprint density at radius 1 is 1.18 bits per heavy atom. The van der Waals surface area contributed by atoms with Gasteiger partial charge in [-0.05, 0) is 17.7 Å². The summed E-state index contributed by atoms with van der Waals surface area (Å²) in [4.78, 5) is 15.1. The zero-order valence-electron chi connectivity index (χ0n) is 8.76. The fourth-order valence-corrected chi connectivity index (χ4v) is 1.74. The van der Waals surface area contributed by atoms with Crippen LogP contribution in [0.3, 0.4) is 0 Å². The average molecular weight is 269 g/mol. The van der Waals surface area contributed by atoms with Crippen molar-refractivity contribution in [2.45, 2.75) is 0 Å². The fraction of sp³-hybridized carbons (Fsp3) is 0. The molecule has 0 unspecified atom stereocenters. The Labute approximate surface area is 110 Å². The van der Waals surface area contributed by atoms with E-state index in [1.807, 2.05) is 18.2 Å². The number of hydrogen-bond donors (Lipinski definition) is 1. The Morgan fingerprint density at radius 3 is 2.53 bits per heavy atom. The van der Waals surface area contributed by atoms with Crippen molar-refractivity contribution < 1.29 is 4.79 Å². The number of rotatable bonds is 2. The quantitative estimate of drug-likeness (QED) is 0.911. The van der Waals surface area contributed by atoms with E-state index in [9.17, 15) is 4.79 Å². The number of nitrogens with two attached hydrogens (primary N) is 1. The average Bonchev–Trinajstić information content (AvgIpc) is 2.29. The summed E-state index contributed by atoms with van der Waals surface area (Å²) in [5, 5.41) is 0.580. The number of hydrogen-bond acceptors (Lipinski definition) is 2. The first-order valence-corrected chi connectivity index (χ1v) is 5.06. The van der Waals surface area contributed by atoms with Crippen molar-refractivity contribution in [3.05, 3.63) is 53.3 Å². The van der Waals surface area contributed by atoms with Crippen LogP contribution in [0.25, 0.3) is 11.1 Å². The predicted molar refractivity (Wildman–Crippen MR) is 70.4 cm³/mol. The third kappa shape index (κ3) is 2.75. The lowest BCUT2D eigenvalue weighted by atomic mass is 10.0. The summed E-state index contributed by atoms with van der Waals surface area (Å²) in [5.41, 5.74) is 7.13. The molecule has 0 aliphatic carbocycles. The molecule has 2 rings (SSSR count). The van der Waals surface area contributed by atoms with Crippen LogP contribution in [-0.4, -0.2) is 10.9 Å². The molecule has 0 saturated heterocycles. The Hall–Kier alpha value is -1.58. The summed E-state index contributed by atoms with van der Waals surface area (Å²) in [6, 6.07) is 9.01. The first kappa shape index (κ1) is 13.5. The molecule has 3 nitrogen and oxygen atoms in total. The first-order chi connectivity index (χ1) is 7.70. The number of halogens is 2. The molecule has 5 heteroatoms. The van der Waals surface area contributed by atoms with Gasteiger partial charge in [-0.2, -0.15) is 0 Å². The maximum atomic E-state index is 11.2. The molecule has 0 fully saturated rings. The van der Waals surface area contributed by atoms with E-state index in [0.717, 1.165) is 5.56 Å². The van der Waals surface area contributed by atoms with E-state index in [-0.39, 0.29) is 12.4 Å². The summed E-state index contributed by atoms with van der Waals surface area (Å²) in [6.07, 6.45) is 3.05. The molecule has 1 heterocycles. The molecule has 1 aromatic carbocycles. The highest BCUT2D eigenvalue weighted by Crippen LogP contribution is 2.29. The Kier molecular flexibility index (Phi) is 4.49. The number of carbonyl (C=O) groups excluding carboxylic acids is 1. The molecule has 1 aromatic heterocycles. The lowest BCUT2D eigenvalue weighted by Crippen LogP contribution is -2.12. The lowest BCUT2D eigenvalue weighted by molar-refractivity contribution is 0.100. The summed E-state index contributed by atoms with van der Waals surface area (Å²) >= 11 is 6.06. The molecule has 0 radical (unpaired) electrons. The van der Waals surface area contributed by atoms with Crippen molar-refractivity contribution in [1.82, 2.24) is 4.98 Å². The number of pyridine rings is 1. The van der Waals surface area contributed by atoms with E-state index in [2.05, 4.69) is 4.98 Å². The van der Waals surface area contributed by atoms with Crippen LogP contribution in [0.5, 0.6) is 0 Å². The van der Waals surface area contributed by atoms with Gasteiger partial charge in [-0.25, -0.2) is 0 Å². The minimum Gasteiger partial charge on any atom is -0.366 e. The van der Waals surface area contributed by atoms with Crippen LogP contribution in [0.15, 0.2) is 42.7 Å². The summed E-state index contributed by atoms with van der Waals surface area (Å²) in [5.74, 6) is -0.511. The van der Waals surface area contributed by atoms with Crippen LogP contribution < -0.4 is 5.73 Å². The molecule has 2 aromatic rings. The number of carbonyl (C=O) groups is 1. The van der Waals surface area contributed by atoms with Gasteiger partial charge in [0.15, 0.2) is 0 Å². The lowest BCUT2D eigenvalue weighted by Gasteiger charge is -2.07. The number of amides is 1. The van der Waals surface area contributed by atoms with Crippen LogP contribution in [0.2, 0.25) is 5.02 Å². The largest absolute Gasteiger partial charge is 0.366 e. The van der Waals surface area contributed by atoms with Crippen LogP contribution in [0.1, 0.15) is 10.4 Å². The molecule has 0 aliphatic heterocycles. The molecule has 0 saturated carbocycles. The second kappa shape index (κ2) is 5.66. The minimum absolute atomic E-state index is 0. The summed E-state index contributed by atoms with van der Waals surface area (Å²) in [6.45, 7) is 0. The van der Waals surface area contributed by atoms with Gasteiger partial charge in [0.05, 0.1) is 5.56 Å². The Bertz CT molecular complexity index is 544. The monoisotopic (exact) mass is 268 g/mol. The van der Waals surface area contributed by atoms with E-state index < -0.39 is 5.91 Å². The highest BCUT2D eigenvalue weighted by Gasteiger charge is 2.11. The van der Waals surface area contributed by atoms with Crippen molar-refractivity contribution >= 4 is 29.9 Å². The van der Waals surface area contributed by atoms with Gasteiger partial charge in [0, 0.05) is 23.0 Å². The van der Waals surface area contributed by atoms with E-state index in [0.29, 0.717) is 16.1 Å². The maximum absolute atomic E-state index is 11.2. The number of benzene rings is 1. The molecular formula is C12H10Cl2N2O. The smallest absolute Gasteiger partial charge is 0.250 e. The molecule has 0 aliphatic rings. The topological polar surface area (TPSA) is 56.0 Å². The van der Waals surface area contributed by atoms with Crippen molar-refractivity contribution in [2.24, 2.45) is 5.73 Å².